The minimum atomic E-state index is -0.0335. The van der Waals surface area contributed by atoms with Crippen molar-refractivity contribution in [3.8, 4) is 0 Å². The number of benzene rings is 2. The number of rotatable bonds is 6. The molecule has 1 amide bonds. The summed E-state index contributed by atoms with van der Waals surface area (Å²) in [5.41, 5.74) is 3.44. The van der Waals surface area contributed by atoms with Crippen LogP contribution in [0.3, 0.4) is 0 Å². The zero-order valence-corrected chi connectivity index (χ0v) is 18.0. The van der Waals surface area contributed by atoms with Gasteiger partial charge in [-0.25, -0.2) is 0 Å². The van der Waals surface area contributed by atoms with Crippen LogP contribution in [-0.2, 0) is 9.53 Å². The normalized spacial score (nSPS) is 22.9. The van der Waals surface area contributed by atoms with E-state index < -0.39 is 0 Å². The summed E-state index contributed by atoms with van der Waals surface area (Å²) in [6.07, 6.45) is 0.818. The predicted molar refractivity (Wildman–Crippen MR) is 117 cm³/mol. The average Bonchev–Trinajstić information content (AvgIpc) is 3.52. The lowest BCUT2D eigenvalue weighted by molar-refractivity contribution is -0.122. The fourth-order valence-corrected chi connectivity index (χ4v) is 4.64. The van der Waals surface area contributed by atoms with Crippen LogP contribution in [0.15, 0.2) is 42.5 Å². The Labute approximate surface area is 182 Å². The molecule has 6 heteroatoms. The molecule has 4 rings (SSSR count). The Morgan fingerprint density at radius 3 is 2.72 bits per heavy atom. The van der Waals surface area contributed by atoms with Crippen LogP contribution in [0.4, 0.5) is 0 Å². The standard InChI is InChI=1S/C23H26Cl2N2O2/c1-15-4-2-5-16(12-15)21(27-8-10-29-11-9-27)14-26-23(28)19-13-18(19)17-6-3-7-20(24)22(17)25/h2-7,12,18-19,21H,8-11,13-14H2,1H3,(H,26,28). The summed E-state index contributed by atoms with van der Waals surface area (Å²) in [4.78, 5) is 15.2. The van der Waals surface area contributed by atoms with E-state index in [1.807, 2.05) is 12.1 Å². The van der Waals surface area contributed by atoms with Crippen molar-refractivity contribution < 1.29 is 9.53 Å². The Bertz CT molecular complexity index is 883. The molecule has 1 aliphatic heterocycles. The number of hydrogen-bond donors (Lipinski definition) is 1. The molecule has 0 bridgehead atoms. The van der Waals surface area contributed by atoms with Crippen molar-refractivity contribution in [3.63, 3.8) is 0 Å². The Hall–Kier alpha value is -1.59. The molecule has 3 unspecified atom stereocenters. The number of carbonyl (C=O) groups is 1. The molecule has 1 aliphatic carbocycles. The number of hydrogen-bond acceptors (Lipinski definition) is 3. The maximum absolute atomic E-state index is 12.8. The zero-order valence-electron chi connectivity index (χ0n) is 16.5. The van der Waals surface area contributed by atoms with E-state index >= 15 is 0 Å². The molecule has 4 nitrogen and oxygen atoms in total. The number of ether oxygens (including phenoxy) is 1. The second-order valence-corrected chi connectivity index (χ2v) is 8.70. The van der Waals surface area contributed by atoms with E-state index in [4.69, 9.17) is 27.9 Å². The summed E-state index contributed by atoms with van der Waals surface area (Å²) < 4.78 is 5.51. The lowest BCUT2D eigenvalue weighted by Crippen LogP contribution is -2.44. The third-order valence-electron chi connectivity index (χ3n) is 5.89. The van der Waals surface area contributed by atoms with Gasteiger partial charge in [0.1, 0.15) is 0 Å². The molecule has 2 fully saturated rings. The Morgan fingerprint density at radius 1 is 1.21 bits per heavy atom. The lowest BCUT2D eigenvalue weighted by Gasteiger charge is -2.35. The van der Waals surface area contributed by atoms with Crippen molar-refractivity contribution in [2.24, 2.45) is 5.92 Å². The lowest BCUT2D eigenvalue weighted by atomic mass is 10.0. The second-order valence-electron chi connectivity index (χ2n) is 7.92. The summed E-state index contributed by atoms with van der Waals surface area (Å²) in [5.74, 6) is 0.216. The number of morpholine rings is 1. The maximum atomic E-state index is 12.8. The second kappa shape index (κ2) is 9.05. The van der Waals surface area contributed by atoms with Gasteiger partial charge in [-0.2, -0.15) is 0 Å². The number of nitrogens with one attached hydrogen (secondary N) is 1. The summed E-state index contributed by atoms with van der Waals surface area (Å²) in [6.45, 7) is 5.90. The third-order valence-corrected chi connectivity index (χ3v) is 6.72. The van der Waals surface area contributed by atoms with Gasteiger partial charge in [-0.05, 0) is 36.5 Å². The van der Waals surface area contributed by atoms with E-state index in [0.29, 0.717) is 16.6 Å². The number of carbonyl (C=O) groups excluding carboxylic acids is 1. The zero-order chi connectivity index (χ0) is 20.4. The molecule has 154 valence electrons. The molecular weight excluding hydrogens is 407 g/mol. The quantitative estimate of drug-likeness (QED) is 0.725. The van der Waals surface area contributed by atoms with Gasteiger partial charge in [0.25, 0.3) is 0 Å². The van der Waals surface area contributed by atoms with E-state index in [1.54, 1.807) is 6.07 Å². The van der Waals surface area contributed by atoms with E-state index in [1.165, 1.54) is 11.1 Å². The minimum absolute atomic E-state index is 0.0335. The molecule has 2 aromatic carbocycles. The molecule has 0 spiro atoms. The van der Waals surface area contributed by atoms with Gasteiger partial charge in [0.15, 0.2) is 0 Å². The fraction of sp³-hybridized carbons (Fsp3) is 0.435. The molecule has 2 aromatic rings. The summed E-state index contributed by atoms with van der Waals surface area (Å²) >= 11 is 12.5. The van der Waals surface area contributed by atoms with Crippen LogP contribution in [-0.4, -0.2) is 43.7 Å². The van der Waals surface area contributed by atoms with E-state index in [-0.39, 0.29) is 23.8 Å². The van der Waals surface area contributed by atoms with Gasteiger partial charge in [0.2, 0.25) is 5.91 Å². The van der Waals surface area contributed by atoms with Gasteiger partial charge >= 0.3 is 0 Å². The largest absolute Gasteiger partial charge is 0.379 e. The summed E-state index contributed by atoms with van der Waals surface area (Å²) in [6, 6.07) is 14.3. The molecule has 29 heavy (non-hydrogen) atoms. The van der Waals surface area contributed by atoms with Gasteiger partial charge in [-0.1, -0.05) is 65.2 Å². The Morgan fingerprint density at radius 2 is 1.97 bits per heavy atom. The van der Waals surface area contributed by atoms with Crippen LogP contribution in [0.2, 0.25) is 10.0 Å². The van der Waals surface area contributed by atoms with Crippen molar-refractivity contribution in [3.05, 3.63) is 69.2 Å². The first-order valence-corrected chi connectivity index (χ1v) is 10.9. The molecule has 1 saturated carbocycles. The van der Waals surface area contributed by atoms with Gasteiger partial charge in [0, 0.05) is 25.6 Å². The average molecular weight is 433 g/mol. The number of aryl methyl sites for hydroxylation is 1. The third kappa shape index (κ3) is 4.77. The molecule has 1 heterocycles. The monoisotopic (exact) mass is 432 g/mol. The predicted octanol–water partition coefficient (Wildman–Crippen LogP) is 4.60. The van der Waals surface area contributed by atoms with Crippen molar-refractivity contribution in [2.45, 2.75) is 25.3 Å². The van der Waals surface area contributed by atoms with Crippen LogP contribution in [0.1, 0.15) is 35.1 Å². The highest BCUT2D eigenvalue weighted by atomic mass is 35.5. The first-order chi connectivity index (χ1) is 14.0. The molecule has 0 radical (unpaired) electrons. The SMILES string of the molecule is Cc1cccc(C(CNC(=O)C2CC2c2cccc(Cl)c2Cl)N2CCOCC2)c1. The van der Waals surface area contributed by atoms with E-state index in [0.717, 1.165) is 38.3 Å². The molecular formula is C23H26Cl2N2O2. The molecule has 3 atom stereocenters. The Kier molecular flexibility index (Phi) is 6.45. The number of nitrogens with zero attached hydrogens (tertiary/aromatic N) is 1. The molecule has 1 saturated heterocycles. The highest BCUT2D eigenvalue weighted by Gasteiger charge is 2.45. The van der Waals surface area contributed by atoms with Gasteiger partial charge in [0.05, 0.1) is 29.3 Å². The van der Waals surface area contributed by atoms with Crippen molar-refractivity contribution in [1.82, 2.24) is 10.2 Å². The highest BCUT2D eigenvalue weighted by molar-refractivity contribution is 6.42. The fourth-order valence-electron chi connectivity index (χ4n) is 4.19. The maximum Gasteiger partial charge on any atom is 0.223 e. The topological polar surface area (TPSA) is 41.6 Å². The molecule has 0 aromatic heterocycles. The number of amides is 1. The summed E-state index contributed by atoms with van der Waals surface area (Å²) in [7, 11) is 0. The minimum Gasteiger partial charge on any atom is -0.379 e. The van der Waals surface area contributed by atoms with Crippen LogP contribution in [0.5, 0.6) is 0 Å². The van der Waals surface area contributed by atoms with Gasteiger partial charge in [-0.3, -0.25) is 9.69 Å². The van der Waals surface area contributed by atoms with Gasteiger partial charge < -0.3 is 10.1 Å². The van der Waals surface area contributed by atoms with Gasteiger partial charge in [-0.15, -0.1) is 0 Å². The van der Waals surface area contributed by atoms with Crippen molar-refractivity contribution in [1.29, 1.82) is 0 Å². The van der Waals surface area contributed by atoms with E-state index in [9.17, 15) is 4.79 Å². The van der Waals surface area contributed by atoms with Crippen molar-refractivity contribution >= 4 is 29.1 Å². The smallest absolute Gasteiger partial charge is 0.223 e. The molecule has 1 N–H and O–H groups in total. The summed E-state index contributed by atoms with van der Waals surface area (Å²) in [5, 5.41) is 4.31. The van der Waals surface area contributed by atoms with Crippen LogP contribution >= 0.6 is 23.2 Å². The molecule has 2 aliphatic rings. The number of halogens is 2. The highest BCUT2D eigenvalue weighted by Crippen LogP contribution is 2.50. The van der Waals surface area contributed by atoms with E-state index in [2.05, 4.69) is 41.4 Å². The van der Waals surface area contributed by atoms with Crippen molar-refractivity contribution in [2.75, 3.05) is 32.8 Å². The Balaban J connectivity index is 1.42. The first kappa shape index (κ1) is 20.7. The van der Waals surface area contributed by atoms with Crippen LogP contribution in [0.25, 0.3) is 0 Å². The first-order valence-electron chi connectivity index (χ1n) is 10.1. The van der Waals surface area contributed by atoms with Crippen LogP contribution < -0.4 is 5.32 Å². The van der Waals surface area contributed by atoms with Crippen LogP contribution in [0, 0.1) is 12.8 Å².